The summed E-state index contributed by atoms with van der Waals surface area (Å²) in [6, 6.07) is 4.19. The zero-order valence-electron chi connectivity index (χ0n) is 10.1. The largest absolute Gasteiger partial charge is 0.493 e. The summed E-state index contributed by atoms with van der Waals surface area (Å²) in [4.78, 5) is 0. The van der Waals surface area contributed by atoms with Crippen LogP contribution in [0.4, 0.5) is 4.39 Å². The number of ether oxygens (including phenoxy) is 1. The molecule has 1 aromatic carbocycles. The molecule has 0 fully saturated rings. The van der Waals surface area contributed by atoms with Crippen LogP contribution in [-0.2, 0) is 10.0 Å². The summed E-state index contributed by atoms with van der Waals surface area (Å²) in [6.45, 7) is 2.37. The first-order valence-electron chi connectivity index (χ1n) is 5.83. The number of rotatable bonds is 3. The third kappa shape index (κ3) is 2.81. The van der Waals surface area contributed by atoms with E-state index >= 15 is 0 Å². The van der Waals surface area contributed by atoms with Crippen molar-refractivity contribution in [2.24, 2.45) is 11.1 Å². The maximum atomic E-state index is 13.1. The molecule has 1 aromatic rings. The fourth-order valence-corrected chi connectivity index (χ4v) is 3.34. The average Bonchev–Trinajstić information content (AvgIpc) is 2.27. The van der Waals surface area contributed by atoms with E-state index in [1.54, 1.807) is 6.07 Å². The summed E-state index contributed by atoms with van der Waals surface area (Å²) >= 11 is 0. The summed E-state index contributed by atoms with van der Waals surface area (Å²) in [6.07, 6.45) is 0.789. The van der Waals surface area contributed by atoms with Gasteiger partial charge < -0.3 is 4.74 Å². The number of hydrogen-bond donors (Lipinski definition) is 1. The number of fused-ring (bicyclic) bond motifs is 1. The SMILES string of the molecule is CC[C@H]1COc2cc(F)ccc2[C@H]1CS(N)(=O)=O. The minimum absolute atomic E-state index is 0.0845. The summed E-state index contributed by atoms with van der Waals surface area (Å²) in [5, 5.41) is 5.13. The average molecular weight is 273 g/mol. The molecule has 2 rings (SSSR count). The first kappa shape index (κ1) is 13.3. The minimum atomic E-state index is -3.57. The molecular weight excluding hydrogens is 257 g/mol. The van der Waals surface area contributed by atoms with E-state index in [1.165, 1.54) is 12.1 Å². The van der Waals surface area contributed by atoms with E-state index in [4.69, 9.17) is 9.88 Å². The highest BCUT2D eigenvalue weighted by Crippen LogP contribution is 2.39. The van der Waals surface area contributed by atoms with Crippen molar-refractivity contribution in [1.82, 2.24) is 0 Å². The molecule has 0 unspecified atom stereocenters. The van der Waals surface area contributed by atoms with E-state index < -0.39 is 15.8 Å². The maximum absolute atomic E-state index is 13.1. The molecule has 0 amide bonds. The Morgan fingerprint density at radius 2 is 2.22 bits per heavy atom. The van der Waals surface area contributed by atoms with Crippen LogP contribution in [0.3, 0.4) is 0 Å². The smallest absolute Gasteiger partial charge is 0.209 e. The van der Waals surface area contributed by atoms with Crippen LogP contribution in [0.25, 0.3) is 0 Å². The third-order valence-electron chi connectivity index (χ3n) is 3.33. The van der Waals surface area contributed by atoms with Crippen molar-refractivity contribution in [2.45, 2.75) is 19.3 Å². The van der Waals surface area contributed by atoms with E-state index in [0.717, 1.165) is 12.0 Å². The summed E-state index contributed by atoms with van der Waals surface area (Å²) < 4.78 is 41.2. The second kappa shape index (κ2) is 4.85. The molecule has 100 valence electrons. The van der Waals surface area contributed by atoms with Crippen molar-refractivity contribution in [3.63, 3.8) is 0 Å². The topological polar surface area (TPSA) is 69.4 Å². The van der Waals surface area contributed by atoms with E-state index in [0.29, 0.717) is 12.4 Å². The molecular formula is C12H16FNO3S. The Morgan fingerprint density at radius 3 is 2.83 bits per heavy atom. The predicted molar refractivity (Wildman–Crippen MR) is 66.4 cm³/mol. The number of primary sulfonamides is 1. The van der Waals surface area contributed by atoms with Gasteiger partial charge in [0, 0.05) is 17.9 Å². The number of halogens is 1. The Labute approximate surface area is 106 Å². The summed E-state index contributed by atoms with van der Waals surface area (Å²) in [5.74, 6) is -0.241. The normalized spacial score (nSPS) is 23.3. The number of benzene rings is 1. The monoisotopic (exact) mass is 273 g/mol. The van der Waals surface area contributed by atoms with Gasteiger partial charge in [0.05, 0.1) is 12.4 Å². The van der Waals surface area contributed by atoms with Gasteiger partial charge in [-0.3, -0.25) is 0 Å². The fourth-order valence-electron chi connectivity index (χ4n) is 2.38. The number of hydrogen-bond acceptors (Lipinski definition) is 3. The van der Waals surface area contributed by atoms with Gasteiger partial charge in [0.1, 0.15) is 11.6 Å². The summed E-state index contributed by atoms with van der Waals surface area (Å²) in [7, 11) is -3.57. The molecule has 0 spiro atoms. The molecule has 0 radical (unpaired) electrons. The van der Waals surface area contributed by atoms with E-state index in [1.807, 2.05) is 6.92 Å². The van der Waals surface area contributed by atoms with Gasteiger partial charge in [-0.2, -0.15) is 0 Å². The molecule has 0 aliphatic carbocycles. The van der Waals surface area contributed by atoms with Crippen molar-refractivity contribution in [1.29, 1.82) is 0 Å². The van der Waals surface area contributed by atoms with Gasteiger partial charge in [-0.05, 0) is 18.1 Å². The van der Waals surface area contributed by atoms with Gasteiger partial charge in [-0.25, -0.2) is 17.9 Å². The lowest BCUT2D eigenvalue weighted by molar-refractivity contribution is 0.195. The Balaban J connectivity index is 2.41. The van der Waals surface area contributed by atoms with Gasteiger partial charge >= 0.3 is 0 Å². The van der Waals surface area contributed by atoms with Crippen LogP contribution in [-0.4, -0.2) is 20.8 Å². The van der Waals surface area contributed by atoms with Crippen molar-refractivity contribution in [3.05, 3.63) is 29.6 Å². The van der Waals surface area contributed by atoms with Crippen LogP contribution in [0.1, 0.15) is 24.8 Å². The van der Waals surface area contributed by atoms with Gasteiger partial charge in [-0.1, -0.05) is 13.0 Å². The van der Waals surface area contributed by atoms with Crippen molar-refractivity contribution < 1.29 is 17.5 Å². The maximum Gasteiger partial charge on any atom is 0.209 e. The quantitative estimate of drug-likeness (QED) is 0.909. The molecule has 6 heteroatoms. The lowest BCUT2D eigenvalue weighted by atomic mass is 9.84. The van der Waals surface area contributed by atoms with Crippen molar-refractivity contribution >= 4 is 10.0 Å². The molecule has 1 aliphatic rings. The first-order chi connectivity index (χ1) is 8.40. The number of sulfonamides is 1. The van der Waals surface area contributed by atoms with E-state index in [2.05, 4.69) is 0 Å². The molecule has 0 saturated heterocycles. The highest BCUT2D eigenvalue weighted by atomic mass is 32.2. The van der Waals surface area contributed by atoms with Crippen LogP contribution >= 0.6 is 0 Å². The van der Waals surface area contributed by atoms with Crippen LogP contribution in [0, 0.1) is 11.7 Å². The van der Waals surface area contributed by atoms with Gasteiger partial charge in [0.25, 0.3) is 0 Å². The van der Waals surface area contributed by atoms with Gasteiger partial charge in [0.2, 0.25) is 10.0 Å². The Kier molecular flexibility index (Phi) is 3.59. The Hall–Kier alpha value is -1.14. The highest BCUT2D eigenvalue weighted by molar-refractivity contribution is 7.89. The van der Waals surface area contributed by atoms with E-state index in [9.17, 15) is 12.8 Å². The molecule has 0 saturated carbocycles. The lowest BCUT2D eigenvalue weighted by Crippen LogP contribution is -2.32. The zero-order valence-corrected chi connectivity index (χ0v) is 10.9. The van der Waals surface area contributed by atoms with Gasteiger partial charge in [-0.15, -0.1) is 0 Å². The van der Waals surface area contributed by atoms with Crippen LogP contribution in [0.5, 0.6) is 5.75 Å². The molecule has 1 aliphatic heterocycles. The summed E-state index contributed by atoms with van der Waals surface area (Å²) in [5.41, 5.74) is 0.725. The second-order valence-corrected chi connectivity index (χ2v) is 6.26. The van der Waals surface area contributed by atoms with Gasteiger partial charge in [0.15, 0.2) is 0 Å². The molecule has 4 nitrogen and oxygen atoms in total. The first-order valence-corrected chi connectivity index (χ1v) is 7.55. The van der Waals surface area contributed by atoms with E-state index in [-0.39, 0.29) is 17.6 Å². The third-order valence-corrected chi connectivity index (χ3v) is 4.16. The molecule has 18 heavy (non-hydrogen) atoms. The molecule has 0 aromatic heterocycles. The van der Waals surface area contributed by atoms with Crippen molar-refractivity contribution in [2.75, 3.05) is 12.4 Å². The minimum Gasteiger partial charge on any atom is -0.493 e. The van der Waals surface area contributed by atoms with Crippen LogP contribution in [0.2, 0.25) is 0 Å². The Bertz CT molecular complexity index is 544. The van der Waals surface area contributed by atoms with Crippen LogP contribution < -0.4 is 9.88 Å². The standard InChI is InChI=1S/C12H16FNO3S/c1-2-8-6-17-12-5-9(13)3-4-10(12)11(8)7-18(14,15)16/h3-5,8,11H,2,6-7H2,1H3,(H2,14,15,16)/t8-,11-/m0/s1. The Morgan fingerprint density at radius 1 is 1.50 bits per heavy atom. The highest BCUT2D eigenvalue weighted by Gasteiger charge is 2.32. The van der Waals surface area contributed by atoms with Crippen molar-refractivity contribution in [3.8, 4) is 5.75 Å². The van der Waals surface area contributed by atoms with Crippen LogP contribution in [0.15, 0.2) is 18.2 Å². The predicted octanol–water partition coefficient (Wildman–Crippen LogP) is 1.62. The molecule has 2 atom stereocenters. The molecule has 0 bridgehead atoms. The fraction of sp³-hybridized carbons (Fsp3) is 0.500. The molecule has 1 heterocycles. The lowest BCUT2D eigenvalue weighted by Gasteiger charge is -2.32. The molecule has 2 N–H and O–H groups in total. The zero-order chi connectivity index (χ0) is 13.3. The second-order valence-electron chi connectivity index (χ2n) is 4.60. The number of nitrogens with two attached hydrogens (primary N) is 1.